The molecule has 0 aliphatic rings. The van der Waals surface area contributed by atoms with Gasteiger partial charge in [-0.05, 0) is 54.3 Å². The van der Waals surface area contributed by atoms with Crippen molar-refractivity contribution < 1.29 is 19.0 Å². The molecule has 5 heteroatoms. The van der Waals surface area contributed by atoms with Gasteiger partial charge in [0.05, 0.1) is 21.3 Å². The van der Waals surface area contributed by atoms with Crippen molar-refractivity contribution in [3.63, 3.8) is 0 Å². The second-order valence-corrected chi connectivity index (χ2v) is 6.08. The number of anilines is 1. The lowest BCUT2D eigenvalue weighted by atomic mass is 10.1. The van der Waals surface area contributed by atoms with Crippen LogP contribution in [0.1, 0.15) is 30.9 Å². The third-order valence-corrected chi connectivity index (χ3v) is 4.15. The molecule has 5 nitrogen and oxygen atoms in total. The Morgan fingerprint density at radius 1 is 1.00 bits per heavy atom. The second-order valence-electron chi connectivity index (χ2n) is 6.08. The Labute approximate surface area is 161 Å². The van der Waals surface area contributed by atoms with E-state index >= 15 is 0 Å². The zero-order chi connectivity index (χ0) is 19.6. The van der Waals surface area contributed by atoms with Crippen LogP contribution < -0.4 is 19.5 Å². The van der Waals surface area contributed by atoms with Crippen LogP contribution >= 0.6 is 0 Å². The molecule has 0 unspecified atom stereocenters. The van der Waals surface area contributed by atoms with Gasteiger partial charge >= 0.3 is 0 Å². The fourth-order valence-corrected chi connectivity index (χ4v) is 2.69. The fourth-order valence-electron chi connectivity index (χ4n) is 2.69. The number of carbonyl (C=O) groups excluding carboxylic acids is 1. The van der Waals surface area contributed by atoms with E-state index in [0.29, 0.717) is 17.2 Å². The minimum atomic E-state index is -0.204. The molecule has 0 heterocycles. The lowest BCUT2D eigenvalue weighted by molar-refractivity contribution is -0.111. The number of ether oxygens (including phenoxy) is 3. The van der Waals surface area contributed by atoms with E-state index in [2.05, 4.69) is 12.2 Å². The summed E-state index contributed by atoms with van der Waals surface area (Å²) < 4.78 is 15.9. The van der Waals surface area contributed by atoms with Crippen LogP contribution in [0.2, 0.25) is 0 Å². The van der Waals surface area contributed by atoms with E-state index in [4.69, 9.17) is 14.2 Å². The maximum atomic E-state index is 12.2. The summed E-state index contributed by atoms with van der Waals surface area (Å²) in [6, 6.07) is 11.5. The van der Waals surface area contributed by atoms with E-state index in [0.717, 1.165) is 17.7 Å². The summed E-state index contributed by atoms with van der Waals surface area (Å²) in [7, 11) is 4.67. The van der Waals surface area contributed by atoms with Gasteiger partial charge in [0.15, 0.2) is 11.5 Å². The molecule has 27 heavy (non-hydrogen) atoms. The van der Waals surface area contributed by atoms with Crippen LogP contribution in [0, 0.1) is 0 Å². The quantitative estimate of drug-likeness (QED) is 0.651. The summed E-state index contributed by atoms with van der Waals surface area (Å²) in [5.74, 6) is 1.40. The van der Waals surface area contributed by atoms with Crippen LogP contribution in [-0.4, -0.2) is 27.2 Å². The van der Waals surface area contributed by atoms with Gasteiger partial charge in [-0.1, -0.05) is 25.5 Å². The molecule has 1 amide bonds. The standard InChI is InChI=1S/C22H27NO4/c1-5-6-7-16-8-11-18(12-9-16)23-21(24)13-10-17-14-19(25-2)22(27-4)20(15-17)26-3/h8-15H,5-7H2,1-4H3,(H,23,24). The number of rotatable bonds is 9. The predicted molar refractivity (Wildman–Crippen MR) is 109 cm³/mol. The van der Waals surface area contributed by atoms with E-state index in [1.165, 1.54) is 24.5 Å². The number of unbranched alkanes of at least 4 members (excludes halogenated alkanes) is 1. The molecule has 0 fully saturated rings. The first kappa shape index (κ1) is 20.4. The minimum Gasteiger partial charge on any atom is -0.493 e. The lowest BCUT2D eigenvalue weighted by Gasteiger charge is -2.12. The third kappa shape index (κ3) is 5.78. The lowest BCUT2D eigenvalue weighted by Crippen LogP contribution is -2.07. The topological polar surface area (TPSA) is 56.8 Å². The first-order valence-corrected chi connectivity index (χ1v) is 8.99. The van der Waals surface area contributed by atoms with Gasteiger partial charge in [0.1, 0.15) is 0 Å². The summed E-state index contributed by atoms with van der Waals surface area (Å²) in [6.45, 7) is 2.18. The van der Waals surface area contributed by atoms with Crippen molar-refractivity contribution in [3.8, 4) is 17.2 Å². The van der Waals surface area contributed by atoms with Crippen molar-refractivity contribution in [3.05, 3.63) is 53.6 Å². The number of carbonyl (C=O) groups is 1. The maximum Gasteiger partial charge on any atom is 0.248 e. The molecular weight excluding hydrogens is 342 g/mol. The van der Waals surface area contributed by atoms with Crippen LogP contribution in [0.3, 0.4) is 0 Å². The Hall–Kier alpha value is -2.95. The van der Waals surface area contributed by atoms with Gasteiger partial charge < -0.3 is 19.5 Å². The molecule has 0 aliphatic heterocycles. The van der Waals surface area contributed by atoms with Crippen molar-refractivity contribution in [2.75, 3.05) is 26.6 Å². The monoisotopic (exact) mass is 369 g/mol. The summed E-state index contributed by atoms with van der Waals surface area (Å²) in [5, 5.41) is 2.86. The minimum absolute atomic E-state index is 0.204. The van der Waals surface area contributed by atoms with Crippen molar-refractivity contribution >= 4 is 17.7 Å². The molecule has 1 N–H and O–H groups in total. The van der Waals surface area contributed by atoms with E-state index < -0.39 is 0 Å². The Morgan fingerprint density at radius 2 is 1.63 bits per heavy atom. The van der Waals surface area contributed by atoms with Crippen LogP contribution in [0.5, 0.6) is 17.2 Å². The van der Waals surface area contributed by atoms with Crippen LogP contribution in [0.4, 0.5) is 5.69 Å². The maximum absolute atomic E-state index is 12.2. The van der Waals surface area contributed by atoms with Gasteiger partial charge in [-0.25, -0.2) is 0 Å². The molecule has 0 spiro atoms. The molecule has 0 saturated carbocycles. The first-order valence-electron chi connectivity index (χ1n) is 8.99. The average molecular weight is 369 g/mol. The molecule has 0 radical (unpaired) electrons. The smallest absolute Gasteiger partial charge is 0.248 e. The number of hydrogen-bond donors (Lipinski definition) is 1. The summed E-state index contributed by atoms with van der Waals surface area (Å²) in [6.07, 6.45) is 6.58. The highest BCUT2D eigenvalue weighted by Crippen LogP contribution is 2.38. The molecule has 144 valence electrons. The van der Waals surface area contributed by atoms with Crippen LogP contribution in [-0.2, 0) is 11.2 Å². The predicted octanol–water partition coefficient (Wildman–Crippen LogP) is 4.71. The van der Waals surface area contributed by atoms with Crippen LogP contribution in [0.25, 0.3) is 6.08 Å². The normalized spacial score (nSPS) is 10.7. The Bertz CT molecular complexity index is 756. The Morgan fingerprint density at radius 3 is 2.15 bits per heavy atom. The first-order chi connectivity index (χ1) is 13.1. The molecular formula is C22H27NO4. The van der Waals surface area contributed by atoms with E-state index in [9.17, 15) is 4.79 Å². The molecule has 0 bridgehead atoms. The molecule has 2 aromatic rings. The molecule has 0 aromatic heterocycles. The van der Waals surface area contributed by atoms with Crippen molar-refractivity contribution in [1.82, 2.24) is 0 Å². The van der Waals surface area contributed by atoms with E-state index in [1.807, 2.05) is 24.3 Å². The van der Waals surface area contributed by atoms with Gasteiger partial charge in [-0.15, -0.1) is 0 Å². The zero-order valence-corrected chi connectivity index (χ0v) is 16.4. The molecule has 0 aliphatic carbocycles. The largest absolute Gasteiger partial charge is 0.493 e. The number of benzene rings is 2. The highest BCUT2D eigenvalue weighted by molar-refractivity contribution is 6.02. The van der Waals surface area contributed by atoms with Crippen molar-refractivity contribution in [1.29, 1.82) is 0 Å². The molecule has 0 atom stereocenters. The second kappa shape index (κ2) is 10.3. The Kier molecular flexibility index (Phi) is 7.74. The van der Waals surface area contributed by atoms with Gasteiger partial charge in [-0.2, -0.15) is 0 Å². The molecule has 2 rings (SSSR count). The van der Waals surface area contributed by atoms with Gasteiger partial charge in [0.2, 0.25) is 11.7 Å². The van der Waals surface area contributed by atoms with Gasteiger partial charge in [-0.3, -0.25) is 4.79 Å². The van der Waals surface area contributed by atoms with Crippen LogP contribution in [0.15, 0.2) is 42.5 Å². The third-order valence-electron chi connectivity index (χ3n) is 4.15. The summed E-state index contributed by atoms with van der Waals surface area (Å²) >= 11 is 0. The van der Waals surface area contributed by atoms with E-state index in [-0.39, 0.29) is 5.91 Å². The number of methoxy groups -OCH3 is 3. The average Bonchev–Trinajstić information content (AvgIpc) is 2.70. The molecule has 2 aromatic carbocycles. The number of amides is 1. The zero-order valence-electron chi connectivity index (χ0n) is 16.4. The highest BCUT2D eigenvalue weighted by Gasteiger charge is 2.12. The number of aryl methyl sites for hydroxylation is 1. The van der Waals surface area contributed by atoms with E-state index in [1.54, 1.807) is 39.5 Å². The van der Waals surface area contributed by atoms with Gasteiger partial charge in [0, 0.05) is 11.8 Å². The summed E-state index contributed by atoms with van der Waals surface area (Å²) in [4.78, 5) is 12.2. The fraction of sp³-hybridized carbons (Fsp3) is 0.318. The summed E-state index contributed by atoms with van der Waals surface area (Å²) in [5.41, 5.74) is 2.83. The highest BCUT2D eigenvalue weighted by atomic mass is 16.5. The van der Waals surface area contributed by atoms with Crippen molar-refractivity contribution in [2.45, 2.75) is 26.2 Å². The SMILES string of the molecule is CCCCc1ccc(NC(=O)C=Cc2cc(OC)c(OC)c(OC)c2)cc1. The number of hydrogen-bond acceptors (Lipinski definition) is 4. The number of nitrogens with one attached hydrogen (secondary N) is 1. The Balaban J connectivity index is 2.05. The molecule has 0 saturated heterocycles. The van der Waals surface area contributed by atoms with Crippen molar-refractivity contribution in [2.24, 2.45) is 0 Å². The van der Waals surface area contributed by atoms with Gasteiger partial charge in [0.25, 0.3) is 0 Å².